The lowest BCUT2D eigenvalue weighted by atomic mass is 9.81. The molecule has 2 aliphatic rings. The third-order valence-electron chi connectivity index (χ3n) is 2.89. The van der Waals surface area contributed by atoms with Crippen molar-refractivity contribution >= 4 is 0 Å². The molecular formula is C9H14. The Morgan fingerprint density at radius 1 is 1.56 bits per heavy atom. The van der Waals surface area contributed by atoms with Crippen LogP contribution in [0.2, 0.25) is 0 Å². The minimum Gasteiger partial charge on any atom is -0.0877 e. The van der Waals surface area contributed by atoms with Crippen LogP contribution in [0.3, 0.4) is 0 Å². The largest absolute Gasteiger partial charge is 0.0877 e. The summed E-state index contributed by atoms with van der Waals surface area (Å²) in [7, 11) is 0. The molecule has 9 heavy (non-hydrogen) atoms. The Hall–Kier alpha value is -0.260. The first-order chi connectivity index (χ1) is 4.29. The van der Waals surface area contributed by atoms with Crippen LogP contribution in [0.4, 0.5) is 0 Å². The molecule has 0 aromatic carbocycles. The maximum absolute atomic E-state index is 2.43. The summed E-state index contributed by atoms with van der Waals surface area (Å²) in [6.45, 7) is 2.43. The van der Waals surface area contributed by atoms with Crippen molar-refractivity contribution < 1.29 is 0 Å². The molecule has 0 spiro atoms. The van der Waals surface area contributed by atoms with Crippen LogP contribution in [0, 0.1) is 11.3 Å². The number of hydrogen-bond donors (Lipinski definition) is 0. The van der Waals surface area contributed by atoms with Gasteiger partial charge in [-0.05, 0) is 37.0 Å². The Kier molecular flexibility index (Phi) is 0.992. The summed E-state index contributed by atoms with van der Waals surface area (Å²) < 4.78 is 0. The molecule has 50 valence electrons. The van der Waals surface area contributed by atoms with Gasteiger partial charge in [-0.2, -0.15) is 0 Å². The lowest BCUT2D eigenvalue weighted by Gasteiger charge is -2.24. The molecule has 0 aromatic rings. The van der Waals surface area contributed by atoms with Crippen LogP contribution in [0.25, 0.3) is 0 Å². The van der Waals surface area contributed by atoms with E-state index in [1.807, 2.05) is 0 Å². The molecule has 1 fully saturated rings. The molecule has 0 aliphatic heterocycles. The topological polar surface area (TPSA) is 0 Å². The van der Waals surface area contributed by atoms with Gasteiger partial charge in [0, 0.05) is 0 Å². The van der Waals surface area contributed by atoms with E-state index < -0.39 is 0 Å². The van der Waals surface area contributed by atoms with E-state index >= 15 is 0 Å². The molecule has 2 unspecified atom stereocenters. The van der Waals surface area contributed by atoms with Gasteiger partial charge in [-0.3, -0.25) is 0 Å². The highest BCUT2D eigenvalue weighted by Crippen LogP contribution is 2.47. The van der Waals surface area contributed by atoms with Crippen LogP contribution in [-0.4, -0.2) is 0 Å². The van der Waals surface area contributed by atoms with Gasteiger partial charge in [0.1, 0.15) is 0 Å². The fraction of sp³-hybridized carbons (Fsp3) is 0.778. The zero-order valence-electron chi connectivity index (χ0n) is 6.06. The number of fused-ring (bicyclic) bond motifs is 2. The first-order valence-corrected chi connectivity index (χ1v) is 3.95. The predicted octanol–water partition coefficient (Wildman–Crippen LogP) is 2.75. The number of hydrogen-bond acceptors (Lipinski definition) is 0. The summed E-state index contributed by atoms with van der Waals surface area (Å²) in [5.41, 5.74) is 0.708. The van der Waals surface area contributed by atoms with Crippen LogP contribution in [0.15, 0.2) is 12.2 Å². The van der Waals surface area contributed by atoms with Gasteiger partial charge in [0.25, 0.3) is 0 Å². The minimum atomic E-state index is 0.708. The van der Waals surface area contributed by atoms with Gasteiger partial charge in [-0.1, -0.05) is 19.1 Å². The first kappa shape index (κ1) is 5.52. The van der Waals surface area contributed by atoms with E-state index in [-0.39, 0.29) is 0 Å². The summed E-state index contributed by atoms with van der Waals surface area (Å²) in [6.07, 6.45) is 10.5. The van der Waals surface area contributed by atoms with E-state index in [0.717, 1.165) is 5.92 Å². The SMILES string of the molecule is CC12CC=CC(CC1)C2. The van der Waals surface area contributed by atoms with Crippen molar-refractivity contribution in [3.8, 4) is 0 Å². The van der Waals surface area contributed by atoms with E-state index in [2.05, 4.69) is 19.1 Å². The molecule has 2 aliphatic carbocycles. The van der Waals surface area contributed by atoms with Crippen molar-refractivity contribution in [1.29, 1.82) is 0 Å². The smallest absolute Gasteiger partial charge is 0.0228 e. The van der Waals surface area contributed by atoms with Crippen molar-refractivity contribution in [3.05, 3.63) is 12.2 Å². The summed E-state index contributed by atoms with van der Waals surface area (Å²) in [6, 6.07) is 0. The molecule has 0 nitrogen and oxygen atoms in total. The van der Waals surface area contributed by atoms with Crippen molar-refractivity contribution in [2.45, 2.75) is 32.6 Å². The standard InChI is InChI=1S/C9H14/c1-9-5-2-3-8(7-9)4-6-9/h2-3,8H,4-7H2,1H3. The lowest BCUT2D eigenvalue weighted by molar-refractivity contribution is 0.324. The molecule has 0 heteroatoms. The first-order valence-electron chi connectivity index (χ1n) is 3.95. The van der Waals surface area contributed by atoms with Crippen LogP contribution in [-0.2, 0) is 0 Å². The Morgan fingerprint density at radius 2 is 2.44 bits per heavy atom. The molecule has 2 rings (SSSR count). The summed E-state index contributed by atoms with van der Waals surface area (Å²) in [4.78, 5) is 0. The average Bonchev–Trinajstić information content (AvgIpc) is 2.07. The fourth-order valence-electron chi connectivity index (χ4n) is 2.27. The molecule has 2 bridgehead atoms. The molecule has 2 atom stereocenters. The highest BCUT2D eigenvalue weighted by atomic mass is 14.4. The fourth-order valence-corrected chi connectivity index (χ4v) is 2.27. The van der Waals surface area contributed by atoms with E-state index in [9.17, 15) is 0 Å². The molecule has 0 amide bonds. The van der Waals surface area contributed by atoms with Crippen molar-refractivity contribution in [2.24, 2.45) is 11.3 Å². The quantitative estimate of drug-likeness (QED) is 0.433. The minimum absolute atomic E-state index is 0.708. The van der Waals surface area contributed by atoms with Gasteiger partial charge in [-0.15, -0.1) is 0 Å². The van der Waals surface area contributed by atoms with Gasteiger partial charge >= 0.3 is 0 Å². The molecule has 0 radical (unpaired) electrons. The monoisotopic (exact) mass is 122 g/mol. The third kappa shape index (κ3) is 0.810. The van der Waals surface area contributed by atoms with Gasteiger partial charge in [0.2, 0.25) is 0 Å². The molecule has 1 saturated carbocycles. The normalized spacial score (nSPS) is 47.9. The van der Waals surface area contributed by atoms with Crippen molar-refractivity contribution in [1.82, 2.24) is 0 Å². The van der Waals surface area contributed by atoms with Gasteiger partial charge in [-0.25, -0.2) is 0 Å². The number of rotatable bonds is 0. The molecular weight excluding hydrogens is 108 g/mol. The van der Waals surface area contributed by atoms with Gasteiger partial charge < -0.3 is 0 Å². The van der Waals surface area contributed by atoms with E-state index in [4.69, 9.17) is 0 Å². The Morgan fingerprint density at radius 3 is 3.11 bits per heavy atom. The van der Waals surface area contributed by atoms with Crippen molar-refractivity contribution in [2.75, 3.05) is 0 Å². The molecule has 0 aromatic heterocycles. The second-order valence-corrected chi connectivity index (χ2v) is 3.95. The lowest BCUT2D eigenvalue weighted by Crippen LogP contribution is -2.12. The van der Waals surface area contributed by atoms with Gasteiger partial charge in [0.05, 0.1) is 0 Å². The second-order valence-electron chi connectivity index (χ2n) is 3.95. The third-order valence-corrected chi connectivity index (χ3v) is 2.89. The predicted molar refractivity (Wildman–Crippen MR) is 39.2 cm³/mol. The van der Waals surface area contributed by atoms with E-state index in [1.165, 1.54) is 25.7 Å². The zero-order chi connectivity index (χ0) is 6.32. The summed E-state index contributed by atoms with van der Waals surface area (Å²) in [5, 5.41) is 0. The van der Waals surface area contributed by atoms with Crippen LogP contribution in [0.5, 0.6) is 0 Å². The average molecular weight is 122 g/mol. The molecule has 0 saturated heterocycles. The van der Waals surface area contributed by atoms with E-state index in [0.29, 0.717) is 5.41 Å². The maximum atomic E-state index is 2.43. The summed E-state index contributed by atoms with van der Waals surface area (Å²) >= 11 is 0. The zero-order valence-corrected chi connectivity index (χ0v) is 6.06. The second kappa shape index (κ2) is 1.62. The Labute approximate surface area is 57.0 Å². The van der Waals surface area contributed by atoms with Crippen LogP contribution < -0.4 is 0 Å². The highest BCUT2D eigenvalue weighted by Gasteiger charge is 2.35. The maximum Gasteiger partial charge on any atom is -0.0228 e. The van der Waals surface area contributed by atoms with Crippen LogP contribution in [0.1, 0.15) is 32.6 Å². The Bertz CT molecular complexity index is 146. The highest BCUT2D eigenvalue weighted by molar-refractivity contribution is 5.05. The molecule has 0 N–H and O–H groups in total. The van der Waals surface area contributed by atoms with E-state index in [1.54, 1.807) is 0 Å². The summed E-state index contributed by atoms with van der Waals surface area (Å²) in [5.74, 6) is 0.948. The Balaban J connectivity index is 2.24. The number of allylic oxidation sites excluding steroid dienone is 2. The molecule has 0 heterocycles. The van der Waals surface area contributed by atoms with Crippen LogP contribution >= 0.6 is 0 Å². The van der Waals surface area contributed by atoms with Crippen molar-refractivity contribution in [3.63, 3.8) is 0 Å². The van der Waals surface area contributed by atoms with Gasteiger partial charge in [0.15, 0.2) is 0 Å².